The molecule has 1 unspecified atom stereocenters. The number of hydrogen-bond donors (Lipinski definition) is 0. The molecular weight excluding hydrogens is 328 g/mol. The van der Waals surface area contributed by atoms with Gasteiger partial charge in [-0.15, -0.1) is 0 Å². The Morgan fingerprint density at radius 2 is 1.13 bits per heavy atom. The van der Waals surface area contributed by atoms with Gasteiger partial charge in [-0.2, -0.15) is 0 Å². The lowest BCUT2D eigenvalue weighted by atomic mass is 10.2. The van der Waals surface area contributed by atoms with Gasteiger partial charge in [-0.1, -0.05) is 48.5 Å². The zero-order valence-electron chi connectivity index (χ0n) is 16.6. The third-order valence-electron chi connectivity index (χ3n) is 4.88. The van der Waals surface area contributed by atoms with Gasteiger partial charge < -0.3 is 17.7 Å². The van der Waals surface area contributed by atoms with Crippen LogP contribution in [-0.4, -0.2) is 44.4 Å². The summed E-state index contributed by atoms with van der Waals surface area (Å²) in [6.07, 6.45) is 0. The third-order valence-corrected chi connectivity index (χ3v) is 13.8. The number of carbonyl (C=O) groups excluding carboxylic acids is 1. The Bertz CT molecular complexity index is 337. The van der Waals surface area contributed by atoms with E-state index in [4.69, 9.17) is 17.7 Å². The van der Waals surface area contributed by atoms with Crippen LogP contribution in [0.5, 0.6) is 0 Å². The van der Waals surface area contributed by atoms with Crippen LogP contribution in [0, 0.1) is 5.92 Å². The largest absolute Gasteiger partial charge is 0.518 e. The van der Waals surface area contributed by atoms with Crippen molar-refractivity contribution in [3.63, 3.8) is 0 Å². The highest BCUT2D eigenvalue weighted by molar-refractivity contribution is 6.79. The standard InChI is InChI=1S/C16H36O5Si2/c1-12(2)23(13(3)4,14(5)6)21-16(17)15(7)11-22(18-8,19-9)20-10/h12-15H,11H2,1-10H3. The average molecular weight is 365 g/mol. The molecule has 0 amide bonds. The summed E-state index contributed by atoms with van der Waals surface area (Å²) in [5, 5.41) is 0. The van der Waals surface area contributed by atoms with Crippen LogP contribution in [0.3, 0.4) is 0 Å². The fraction of sp³-hybridized carbons (Fsp3) is 0.938. The summed E-state index contributed by atoms with van der Waals surface area (Å²) in [6.45, 7) is 14.9. The van der Waals surface area contributed by atoms with Crippen molar-refractivity contribution in [2.24, 2.45) is 5.92 Å². The SMILES string of the molecule is CO[Si](CC(C)C(=O)O[Si](C(C)C)(C(C)C)C(C)C)(OC)OC. The van der Waals surface area contributed by atoms with Gasteiger partial charge in [-0.05, 0) is 16.6 Å². The molecule has 0 spiro atoms. The first-order valence-corrected chi connectivity index (χ1v) is 12.5. The number of carbonyl (C=O) groups is 1. The van der Waals surface area contributed by atoms with Gasteiger partial charge in [0.05, 0.1) is 5.92 Å². The van der Waals surface area contributed by atoms with Crippen molar-refractivity contribution in [1.82, 2.24) is 0 Å². The molecule has 1 atom stereocenters. The van der Waals surface area contributed by atoms with Crippen LogP contribution in [-0.2, 0) is 22.5 Å². The van der Waals surface area contributed by atoms with Crippen LogP contribution in [0.4, 0.5) is 0 Å². The van der Waals surface area contributed by atoms with Gasteiger partial charge in [-0.25, -0.2) is 0 Å². The molecule has 0 rings (SSSR count). The summed E-state index contributed by atoms with van der Waals surface area (Å²) in [5.74, 6) is -0.472. The van der Waals surface area contributed by atoms with Gasteiger partial charge in [0.2, 0.25) is 0 Å². The van der Waals surface area contributed by atoms with Crippen molar-refractivity contribution >= 4 is 23.1 Å². The van der Waals surface area contributed by atoms with Gasteiger partial charge in [-0.3, -0.25) is 4.79 Å². The maximum absolute atomic E-state index is 12.8. The third kappa shape index (κ3) is 5.13. The molecule has 23 heavy (non-hydrogen) atoms. The highest BCUT2D eigenvalue weighted by atomic mass is 28.4. The first-order chi connectivity index (χ1) is 10.5. The normalized spacial score (nSPS) is 14.7. The van der Waals surface area contributed by atoms with Crippen molar-refractivity contribution in [1.29, 1.82) is 0 Å². The van der Waals surface area contributed by atoms with Gasteiger partial charge in [0, 0.05) is 27.4 Å². The predicted octanol–water partition coefficient (Wildman–Crippen LogP) is 4.22. The Morgan fingerprint density at radius 1 is 0.783 bits per heavy atom. The van der Waals surface area contributed by atoms with Crippen LogP contribution in [0.15, 0.2) is 0 Å². The Labute approximate surface area is 144 Å². The maximum atomic E-state index is 12.8. The first-order valence-electron chi connectivity index (χ1n) is 8.41. The molecular formula is C16H36O5Si2. The molecule has 0 aromatic rings. The molecule has 0 aromatic carbocycles. The summed E-state index contributed by atoms with van der Waals surface area (Å²) in [4.78, 5) is 12.8. The lowest BCUT2D eigenvalue weighted by molar-refractivity contribution is -0.139. The minimum Gasteiger partial charge on any atom is -0.518 e. The smallest absolute Gasteiger partial charge is 0.501 e. The Morgan fingerprint density at radius 3 is 1.39 bits per heavy atom. The van der Waals surface area contributed by atoms with Crippen molar-refractivity contribution in [3.8, 4) is 0 Å². The minimum atomic E-state index is -2.79. The molecule has 0 heterocycles. The second-order valence-corrected chi connectivity index (χ2v) is 15.5. The fourth-order valence-corrected chi connectivity index (χ4v) is 10.8. The van der Waals surface area contributed by atoms with E-state index in [0.29, 0.717) is 22.7 Å². The van der Waals surface area contributed by atoms with E-state index in [1.165, 1.54) is 0 Å². The van der Waals surface area contributed by atoms with Crippen molar-refractivity contribution in [2.45, 2.75) is 71.1 Å². The number of rotatable bonds is 10. The average Bonchev–Trinajstić information content (AvgIpc) is 2.48. The lowest BCUT2D eigenvalue weighted by Gasteiger charge is -2.42. The summed E-state index contributed by atoms with van der Waals surface area (Å²) < 4.78 is 22.5. The second-order valence-electron chi connectivity index (χ2n) is 7.14. The van der Waals surface area contributed by atoms with Crippen LogP contribution in [0.1, 0.15) is 48.5 Å². The molecule has 0 aromatic heterocycles. The molecule has 0 bridgehead atoms. The molecule has 0 aliphatic heterocycles. The van der Waals surface area contributed by atoms with Gasteiger partial charge in [0.25, 0.3) is 14.3 Å². The van der Waals surface area contributed by atoms with Crippen LogP contribution < -0.4 is 0 Å². The molecule has 0 aliphatic carbocycles. The first kappa shape index (κ1) is 22.8. The van der Waals surface area contributed by atoms with E-state index in [1.54, 1.807) is 21.3 Å². The summed E-state index contributed by atoms with van der Waals surface area (Å²) in [7, 11) is -0.315. The van der Waals surface area contributed by atoms with E-state index in [-0.39, 0.29) is 11.9 Å². The molecule has 7 heteroatoms. The molecule has 0 saturated carbocycles. The molecule has 0 radical (unpaired) electrons. The van der Waals surface area contributed by atoms with Crippen LogP contribution >= 0.6 is 0 Å². The van der Waals surface area contributed by atoms with Crippen molar-refractivity contribution < 1.29 is 22.5 Å². The summed E-state index contributed by atoms with van der Waals surface area (Å²) in [6, 6.07) is 0.425. The Balaban J connectivity index is 5.28. The molecule has 0 N–H and O–H groups in total. The van der Waals surface area contributed by atoms with Gasteiger partial charge >= 0.3 is 8.80 Å². The molecule has 0 saturated heterocycles. The topological polar surface area (TPSA) is 54.0 Å². The van der Waals surface area contributed by atoms with Crippen molar-refractivity contribution in [3.05, 3.63) is 0 Å². The summed E-state index contributed by atoms with van der Waals surface area (Å²) in [5.41, 5.74) is 1.11. The zero-order valence-corrected chi connectivity index (χ0v) is 18.6. The molecule has 0 fully saturated rings. The highest BCUT2D eigenvalue weighted by Gasteiger charge is 2.50. The van der Waals surface area contributed by atoms with Gasteiger partial charge in [0.1, 0.15) is 0 Å². The Kier molecular flexibility index (Phi) is 9.23. The zero-order chi connectivity index (χ0) is 18.4. The molecule has 5 nitrogen and oxygen atoms in total. The monoisotopic (exact) mass is 364 g/mol. The molecule has 0 aliphatic rings. The van der Waals surface area contributed by atoms with Gasteiger partial charge in [0.15, 0.2) is 0 Å². The Hall–Kier alpha value is -0.216. The second kappa shape index (κ2) is 9.31. The maximum Gasteiger partial charge on any atom is 0.501 e. The van der Waals surface area contributed by atoms with Crippen LogP contribution in [0.25, 0.3) is 0 Å². The highest BCUT2D eigenvalue weighted by Crippen LogP contribution is 2.43. The number of hydrogen-bond acceptors (Lipinski definition) is 5. The van der Waals surface area contributed by atoms with E-state index in [9.17, 15) is 4.79 Å². The van der Waals surface area contributed by atoms with E-state index < -0.39 is 17.1 Å². The van der Waals surface area contributed by atoms with E-state index in [2.05, 4.69) is 41.5 Å². The van der Waals surface area contributed by atoms with E-state index >= 15 is 0 Å². The van der Waals surface area contributed by atoms with Crippen LogP contribution in [0.2, 0.25) is 22.7 Å². The molecule has 138 valence electrons. The minimum absolute atomic E-state index is 0.157. The van der Waals surface area contributed by atoms with E-state index in [1.807, 2.05) is 6.92 Å². The van der Waals surface area contributed by atoms with Crippen molar-refractivity contribution in [2.75, 3.05) is 21.3 Å². The predicted molar refractivity (Wildman–Crippen MR) is 97.9 cm³/mol. The lowest BCUT2D eigenvalue weighted by Crippen LogP contribution is -2.51. The fourth-order valence-electron chi connectivity index (χ4n) is 3.59. The van der Waals surface area contributed by atoms with E-state index in [0.717, 1.165) is 0 Å². The quantitative estimate of drug-likeness (QED) is 0.543. The summed E-state index contributed by atoms with van der Waals surface area (Å²) >= 11 is 0.